The average molecular weight is 662 g/mol. The lowest BCUT2D eigenvalue weighted by Crippen LogP contribution is -2.14. The molecule has 49 heavy (non-hydrogen) atoms. The number of anilines is 2. The zero-order valence-electron chi connectivity index (χ0n) is 29.1. The van der Waals surface area contributed by atoms with Crippen LogP contribution in [0.15, 0.2) is 175 Å². The highest BCUT2D eigenvalue weighted by molar-refractivity contribution is 8.04. The number of nitrogens with zero attached hydrogens (tertiary/aromatic N) is 1. The van der Waals surface area contributed by atoms with Gasteiger partial charge >= 0.3 is 0 Å². The normalized spacial score (nSPS) is 13.7. The van der Waals surface area contributed by atoms with E-state index in [1.807, 2.05) is 55.5 Å². The number of thioether (sulfide) groups is 1. The van der Waals surface area contributed by atoms with Crippen LogP contribution in [0.2, 0.25) is 0 Å². The SMILES string of the molecule is C=C.C=CC1=C(/C=C\C)/C(=N/C(Nc2c(-c3ccccc3N)ccc(-c3ccccc3C)c2C)c2ccccc2)CS1.Cc1ccccc1. The zero-order valence-corrected chi connectivity index (χ0v) is 29.9. The largest absolute Gasteiger partial charge is 0.398 e. The third kappa shape index (κ3) is 9.19. The third-order valence-corrected chi connectivity index (χ3v) is 9.35. The molecule has 3 nitrogen and oxygen atoms in total. The smallest absolute Gasteiger partial charge is 0.145 e. The number of nitrogens with two attached hydrogens (primary N) is 1. The first-order valence-corrected chi connectivity index (χ1v) is 17.5. The minimum absolute atomic E-state index is 0.296. The fourth-order valence-electron chi connectivity index (χ4n) is 5.75. The summed E-state index contributed by atoms with van der Waals surface area (Å²) in [7, 11) is 0. The summed E-state index contributed by atoms with van der Waals surface area (Å²) < 4.78 is 0. The molecule has 0 amide bonds. The molecule has 5 aromatic carbocycles. The number of aliphatic imine (C=N–C) groups is 1. The van der Waals surface area contributed by atoms with Crippen LogP contribution in [0.3, 0.4) is 0 Å². The first kappa shape index (κ1) is 36.5. The van der Waals surface area contributed by atoms with Gasteiger partial charge in [0, 0.05) is 38.7 Å². The molecule has 0 aliphatic carbocycles. The molecule has 0 spiro atoms. The van der Waals surface area contributed by atoms with Crippen LogP contribution in [0, 0.1) is 20.8 Å². The van der Waals surface area contributed by atoms with E-state index in [-0.39, 0.29) is 6.17 Å². The van der Waals surface area contributed by atoms with Crippen molar-refractivity contribution in [1.29, 1.82) is 0 Å². The minimum atomic E-state index is -0.296. The Balaban J connectivity index is 0.000000528. The van der Waals surface area contributed by atoms with E-state index in [0.717, 1.165) is 50.7 Å². The summed E-state index contributed by atoms with van der Waals surface area (Å²) >= 11 is 1.78. The van der Waals surface area contributed by atoms with Crippen LogP contribution >= 0.6 is 11.8 Å². The lowest BCUT2D eigenvalue weighted by molar-refractivity contribution is 0.837. The van der Waals surface area contributed by atoms with Crippen molar-refractivity contribution in [3.63, 3.8) is 0 Å². The highest BCUT2D eigenvalue weighted by Gasteiger charge is 2.23. The van der Waals surface area contributed by atoms with E-state index < -0.39 is 0 Å². The molecule has 5 aromatic rings. The van der Waals surface area contributed by atoms with E-state index in [1.165, 1.54) is 27.2 Å². The van der Waals surface area contributed by atoms with Gasteiger partial charge in [-0.1, -0.05) is 146 Å². The molecule has 0 saturated heterocycles. The van der Waals surface area contributed by atoms with Gasteiger partial charge in [-0.15, -0.1) is 24.9 Å². The average Bonchev–Trinajstić information content (AvgIpc) is 3.52. The number of allylic oxidation sites excluding steroid dienone is 4. The first-order chi connectivity index (χ1) is 23.9. The number of benzene rings is 5. The van der Waals surface area contributed by atoms with Crippen LogP contribution in [0.5, 0.6) is 0 Å². The van der Waals surface area contributed by atoms with Gasteiger partial charge in [-0.2, -0.15) is 0 Å². The van der Waals surface area contributed by atoms with Crippen LogP contribution in [0.1, 0.15) is 35.3 Å². The molecule has 1 aliphatic rings. The Morgan fingerprint density at radius 3 is 1.92 bits per heavy atom. The van der Waals surface area contributed by atoms with E-state index in [2.05, 4.69) is 137 Å². The van der Waals surface area contributed by atoms with Crippen LogP contribution < -0.4 is 11.1 Å². The third-order valence-electron chi connectivity index (χ3n) is 8.23. The quantitative estimate of drug-likeness (QED) is 0.128. The Kier molecular flexibility index (Phi) is 13.6. The van der Waals surface area contributed by atoms with Crippen molar-refractivity contribution in [2.24, 2.45) is 4.99 Å². The molecule has 6 rings (SSSR count). The zero-order chi connectivity index (χ0) is 35.2. The van der Waals surface area contributed by atoms with Gasteiger partial charge in [-0.25, -0.2) is 0 Å². The standard InChI is InChI=1S/C36H35N3S.C7H8.C2H4/c1-5-14-31-33(23-40-34(31)6-2)38-36(26-16-8-7-9-17-26)39-35-25(4)28(27-18-11-10-15-24(27)3)21-22-30(35)29-19-12-13-20-32(29)37;1-7-5-3-2-4-6-7;1-2/h5-22,36,39H,2,23,37H2,1,3-4H3;2-6H,1H3;1-2H2/b14-5-,38-33+;;. The second kappa shape index (κ2) is 18.3. The maximum Gasteiger partial charge on any atom is 0.145 e. The molecular formula is C45H47N3S. The first-order valence-electron chi connectivity index (χ1n) is 16.5. The Morgan fingerprint density at radius 1 is 0.735 bits per heavy atom. The van der Waals surface area contributed by atoms with Gasteiger partial charge in [0.2, 0.25) is 0 Å². The molecule has 0 bridgehead atoms. The van der Waals surface area contributed by atoms with Crippen LogP contribution in [-0.2, 0) is 0 Å². The van der Waals surface area contributed by atoms with Gasteiger partial charge < -0.3 is 11.1 Å². The Bertz CT molecular complexity index is 1940. The van der Waals surface area contributed by atoms with E-state index in [4.69, 9.17) is 10.7 Å². The molecule has 1 heterocycles. The topological polar surface area (TPSA) is 50.4 Å². The second-order valence-corrected chi connectivity index (χ2v) is 12.5. The van der Waals surface area contributed by atoms with Gasteiger partial charge in [-0.05, 0) is 61.6 Å². The van der Waals surface area contributed by atoms with Crippen LogP contribution in [0.25, 0.3) is 22.3 Å². The number of hydrogen-bond acceptors (Lipinski definition) is 4. The fraction of sp³-hybridized carbons (Fsp3) is 0.133. The number of hydrogen-bond donors (Lipinski definition) is 2. The molecule has 0 fully saturated rings. The van der Waals surface area contributed by atoms with Gasteiger partial charge in [0.15, 0.2) is 0 Å². The Hall–Kier alpha value is -5.32. The van der Waals surface area contributed by atoms with Gasteiger partial charge in [0.05, 0.1) is 5.71 Å². The van der Waals surface area contributed by atoms with Gasteiger partial charge in [0.25, 0.3) is 0 Å². The fourth-order valence-corrected chi connectivity index (χ4v) is 6.73. The molecule has 3 N–H and O–H groups in total. The van der Waals surface area contributed by atoms with E-state index in [0.29, 0.717) is 0 Å². The van der Waals surface area contributed by atoms with Gasteiger partial charge in [-0.3, -0.25) is 4.99 Å². The minimum Gasteiger partial charge on any atom is -0.398 e. The Morgan fingerprint density at radius 2 is 1.33 bits per heavy atom. The molecule has 0 radical (unpaired) electrons. The summed E-state index contributed by atoms with van der Waals surface area (Å²) in [5, 5.41) is 3.89. The van der Waals surface area contributed by atoms with E-state index in [9.17, 15) is 0 Å². The van der Waals surface area contributed by atoms with Crippen molar-refractivity contribution >= 4 is 28.8 Å². The summed E-state index contributed by atoms with van der Waals surface area (Å²) in [4.78, 5) is 6.52. The maximum absolute atomic E-state index is 6.52. The van der Waals surface area contributed by atoms with Crippen molar-refractivity contribution in [2.45, 2.75) is 33.9 Å². The maximum atomic E-state index is 6.52. The molecule has 0 aromatic heterocycles. The number of nitrogen functional groups attached to an aromatic ring is 1. The summed E-state index contributed by atoms with van der Waals surface area (Å²) in [6.45, 7) is 18.5. The van der Waals surface area contributed by atoms with Crippen LogP contribution in [0.4, 0.5) is 11.4 Å². The lowest BCUT2D eigenvalue weighted by atomic mass is 9.90. The molecule has 1 atom stereocenters. The number of nitrogens with one attached hydrogen (secondary N) is 1. The summed E-state index contributed by atoms with van der Waals surface area (Å²) in [5.41, 5.74) is 19.8. The monoisotopic (exact) mass is 661 g/mol. The molecule has 4 heteroatoms. The predicted octanol–water partition coefficient (Wildman–Crippen LogP) is 12.3. The molecule has 248 valence electrons. The molecule has 1 aliphatic heterocycles. The van der Waals surface area contributed by atoms with Crippen molar-refractivity contribution in [3.05, 3.63) is 192 Å². The van der Waals surface area contributed by atoms with Crippen molar-refractivity contribution < 1.29 is 0 Å². The number of para-hydroxylation sites is 1. The van der Waals surface area contributed by atoms with Crippen LogP contribution in [-0.4, -0.2) is 11.5 Å². The van der Waals surface area contributed by atoms with E-state index in [1.54, 1.807) is 11.8 Å². The summed E-state index contributed by atoms with van der Waals surface area (Å²) in [6.07, 6.45) is 5.84. The number of aryl methyl sites for hydroxylation is 2. The highest BCUT2D eigenvalue weighted by atomic mass is 32.2. The molecular weight excluding hydrogens is 615 g/mol. The predicted molar refractivity (Wildman–Crippen MR) is 218 cm³/mol. The summed E-state index contributed by atoms with van der Waals surface area (Å²) in [6, 6.07) is 41.7. The molecule has 0 saturated carbocycles. The van der Waals surface area contributed by atoms with Crippen molar-refractivity contribution in [3.8, 4) is 22.3 Å². The van der Waals surface area contributed by atoms with Gasteiger partial charge in [0.1, 0.15) is 6.17 Å². The van der Waals surface area contributed by atoms with E-state index >= 15 is 0 Å². The number of rotatable bonds is 8. The lowest BCUT2D eigenvalue weighted by Gasteiger charge is -2.24. The van der Waals surface area contributed by atoms with Crippen molar-refractivity contribution in [1.82, 2.24) is 0 Å². The van der Waals surface area contributed by atoms with Crippen molar-refractivity contribution in [2.75, 3.05) is 16.8 Å². The summed E-state index contributed by atoms with van der Waals surface area (Å²) in [5.74, 6) is 0.812. The highest BCUT2D eigenvalue weighted by Crippen LogP contribution is 2.42. The Labute approximate surface area is 297 Å². The second-order valence-electron chi connectivity index (χ2n) is 11.5. The molecule has 1 unspecified atom stereocenters.